The summed E-state index contributed by atoms with van der Waals surface area (Å²) in [5.74, 6) is -1.65. The van der Waals surface area contributed by atoms with Gasteiger partial charge in [-0.25, -0.2) is 4.39 Å². The number of aliphatic hydroxyl groups excluding tert-OH is 1. The molecule has 0 aliphatic carbocycles. The van der Waals surface area contributed by atoms with Crippen LogP contribution in [0.1, 0.15) is 6.42 Å². The topological polar surface area (TPSA) is 69.6 Å². The van der Waals surface area contributed by atoms with Crippen LogP contribution >= 0.6 is 11.6 Å². The molecule has 0 saturated carbocycles. The molecule has 0 spiro atoms. The van der Waals surface area contributed by atoms with E-state index >= 15 is 0 Å². The molecule has 1 atom stereocenters. The van der Waals surface area contributed by atoms with Crippen molar-refractivity contribution in [2.24, 2.45) is 0 Å². The molecule has 88 valence electrons. The number of carboxylic acids is 1. The third-order valence-corrected chi connectivity index (χ3v) is 2.10. The molecule has 3 N–H and O–H groups in total. The molecule has 1 aromatic rings. The number of rotatable bonds is 5. The van der Waals surface area contributed by atoms with Crippen molar-refractivity contribution in [3.8, 4) is 0 Å². The normalized spacial score (nSPS) is 12.2. The maximum absolute atomic E-state index is 13.2. The molecule has 6 heteroatoms. The van der Waals surface area contributed by atoms with Crippen LogP contribution in [0.3, 0.4) is 0 Å². The van der Waals surface area contributed by atoms with Gasteiger partial charge >= 0.3 is 5.97 Å². The molecule has 4 nitrogen and oxygen atoms in total. The van der Waals surface area contributed by atoms with E-state index in [2.05, 4.69) is 5.32 Å². The summed E-state index contributed by atoms with van der Waals surface area (Å²) in [6.45, 7) is -0.0369. The Hall–Kier alpha value is -1.33. The third kappa shape index (κ3) is 4.04. The van der Waals surface area contributed by atoms with Crippen LogP contribution < -0.4 is 5.32 Å². The minimum atomic E-state index is -1.11. The van der Waals surface area contributed by atoms with E-state index in [9.17, 15) is 14.3 Å². The molecule has 0 aliphatic heterocycles. The monoisotopic (exact) mass is 247 g/mol. The molecule has 0 radical (unpaired) electrons. The standard InChI is InChI=1S/C10H11ClFNO3/c11-6-1-2-9(8(12)3-6)13-5-7(14)4-10(15)16/h1-3,7,13-14H,4-5H2,(H,15,16). The summed E-state index contributed by atoms with van der Waals surface area (Å²) in [4.78, 5) is 10.3. The molecule has 0 heterocycles. The van der Waals surface area contributed by atoms with E-state index in [-0.39, 0.29) is 23.7 Å². The van der Waals surface area contributed by atoms with E-state index in [1.54, 1.807) is 0 Å². The predicted octanol–water partition coefficient (Wildman–Crippen LogP) is 1.73. The first-order valence-electron chi connectivity index (χ1n) is 4.58. The van der Waals surface area contributed by atoms with Crippen LogP contribution in [0.15, 0.2) is 18.2 Å². The lowest BCUT2D eigenvalue weighted by molar-refractivity contribution is -0.138. The first-order valence-corrected chi connectivity index (χ1v) is 4.95. The number of nitrogens with one attached hydrogen (secondary N) is 1. The van der Waals surface area contributed by atoms with Crippen molar-refractivity contribution >= 4 is 23.3 Å². The Morgan fingerprint density at radius 2 is 2.25 bits per heavy atom. The van der Waals surface area contributed by atoms with Crippen LogP contribution in [0, 0.1) is 5.82 Å². The van der Waals surface area contributed by atoms with Gasteiger partial charge in [-0.3, -0.25) is 4.79 Å². The van der Waals surface area contributed by atoms with Gasteiger partial charge in [-0.15, -0.1) is 0 Å². The van der Waals surface area contributed by atoms with Crippen LogP contribution in [0.2, 0.25) is 5.02 Å². The number of carboxylic acid groups (broad SMARTS) is 1. The summed E-state index contributed by atoms with van der Waals surface area (Å²) < 4.78 is 13.2. The number of aliphatic hydroxyl groups is 1. The smallest absolute Gasteiger partial charge is 0.306 e. The van der Waals surface area contributed by atoms with Crippen LogP contribution in [-0.4, -0.2) is 28.8 Å². The first-order chi connectivity index (χ1) is 7.49. The zero-order valence-electron chi connectivity index (χ0n) is 8.28. The van der Waals surface area contributed by atoms with E-state index in [0.717, 1.165) is 6.07 Å². The number of anilines is 1. The van der Waals surface area contributed by atoms with Gasteiger partial charge in [0.05, 0.1) is 18.2 Å². The SMILES string of the molecule is O=C(O)CC(O)CNc1ccc(Cl)cc1F. The van der Waals surface area contributed by atoms with Crippen molar-refractivity contribution in [2.75, 3.05) is 11.9 Å². The second-order valence-corrected chi connectivity index (χ2v) is 3.69. The van der Waals surface area contributed by atoms with Crippen molar-refractivity contribution in [3.05, 3.63) is 29.0 Å². The van der Waals surface area contributed by atoms with Gasteiger partial charge < -0.3 is 15.5 Å². The highest BCUT2D eigenvalue weighted by molar-refractivity contribution is 6.30. The van der Waals surface area contributed by atoms with Crippen molar-refractivity contribution in [1.29, 1.82) is 0 Å². The highest BCUT2D eigenvalue weighted by Gasteiger charge is 2.10. The highest BCUT2D eigenvalue weighted by atomic mass is 35.5. The number of aliphatic carboxylic acids is 1. The van der Waals surface area contributed by atoms with Gasteiger partial charge in [0.15, 0.2) is 0 Å². The Morgan fingerprint density at radius 1 is 1.56 bits per heavy atom. The summed E-state index contributed by atoms with van der Waals surface area (Å²) in [5.41, 5.74) is 0.175. The summed E-state index contributed by atoms with van der Waals surface area (Å²) in [7, 11) is 0. The Morgan fingerprint density at radius 3 is 2.81 bits per heavy atom. The average Bonchev–Trinajstić information content (AvgIpc) is 2.15. The number of hydrogen-bond donors (Lipinski definition) is 3. The van der Waals surface area contributed by atoms with E-state index in [1.807, 2.05) is 0 Å². The third-order valence-electron chi connectivity index (χ3n) is 1.87. The van der Waals surface area contributed by atoms with Crippen LogP contribution in [0.4, 0.5) is 10.1 Å². The maximum atomic E-state index is 13.2. The quantitative estimate of drug-likeness (QED) is 0.741. The number of halogens is 2. The van der Waals surface area contributed by atoms with Crippen LogP contribution in [-0.2, 0) is 4.79 Å². The Balaban J connectivity index is 2.51. The van der Waals surface area contributed by atoms with Gasteiger partial charge in [0.2, 0.25) is 0 Å². The minimum Gasteiger partial charge on any atom is -0.481 e. The van der Waals surface area contributed by atoms with Crippen LogP contribution in [0.25, 0.3) is 0 Å². The van der Waals surface area contributed by atoms with Gasteiger partial charge in [0, 0.05) is 11.6 Å². The summed E-state index contributed by atoms with van der Waals surface area (Å²) in [5, 5.41) is 20.5. The molecule has 0 aromatic heterocycles. The summed E-state index contributed by atoms with van der Waals surface area (Å²) in [6.07, 6.45) is -1.45. The van der Waals surface area contributed by atoms with Gasteiger partial charge in [0.1, 0.15) is 5.82 Å². The second-order valence-electron chi connectivity index (χ2n) is 3.26. The average molecular weight is 248 g/mol. The molecule has 1 unspecified atom stereocenters. The van der Waals surface area contributed by atoms with E-state index in [0.29, 0.717) is 0 Å². The molecular formula is C10H11ClFNO3. The Labute approximate surface area is 96.7 Å². The van der Waals surface area contributed by atoms with Crippen molar-refractivity contribution < 1.29 is 19.4 Å². The fraction of sp³-hybridized carbons (Fsp3) is 0.300. The van der Waals surface area contributed by atoms with Gasteiger partial charge in [0.25, 0.3) is 0 Å². The number of benzene rings is 1. The molecule has 1 aromatic carbocycles. The first kappa shape index (κ1) is 12.7. The predicted molar refractivity (Wildman–Crippen MR) is 58.2 cm³/mol. The lowest BCUT2D eigenvalue weighted by Gasteiger charge is -2.11. The van der Waals surface area contributed by atoms with Crippen LogP contribution in [0.5, 0.6) is 0 Å². The summed E-state index contributed by atoms with van der Waals surface area (Å²) in [6, 6.07) is 4.05. The second kappa shape index (κ2) is 5.67. The van der Waals surface area contributed by atoms with Gasteiger partial charge in [-0.05, 0) is 18.2 Å². The minimum absolute atomic E-state index is 0.0369. The number of carbonyl (C=O) groups is 1. The fourth-order valence-electron chi connectivity index (χ4n) is 1.13. The number of hydrogen-bond acceptors (Lipinski definition) is 3. The lowest BCUT2D eigenvalue weighted by atomic mass is 10.2. The van der Waals surface area contributed by atoms with Gasteiger partial charge in [-0.1, -0.05) is 11.6 Å². The zero-order chi connectivity index (χ0) is 12.1. The molecule has 0 aliphatic rings. The summed E-state index contributed by atoms with van der Waals surface area (Å²) >= 11 is 5.55. The highest BCUT2D eigenvalue weighted by Crippen LogP contribution is 2.18. The van der Waals surface area contributed by atoms with Gasteiger partial charge in [-0.2, -0.15) is 0 Å². The Bertz CT molecular complexity index is 386. The molecular weight excluding hydrogens is 237 g/mol. The lowest BCUT2D eigenvalue weighted by Crippen LogP contribution is -2.22. The van der Waals surface area contributed by atoms with E-state index < -0.39 is 17.9 Å². The zero-order valence-corrected chi connectivity index (χ0v) is 9.04. The largest absolute Gasteiger partial charge is 0.481 e. The molecule has 0 bridgehead atoms. The maximum Gasteiger partial charge on any atom is 0.306 e. The molecule has 0 saturated heterocycles. The molecule has 0 fully saturated rings. The van der Waals surface area contributed by atoms with Crippen molar-refractivity contribution in [3.63, 3.8) is 0 Å². The van der Waals surface area contributed by atoms with E-state index in [1.165, 1.54) is 12.1 Å². The molecule has 0 amide bonds. The Kier molecular flexibility index (Phi) is 4.52. The van der Waals surface area contributed by atoms with Crippen molar-refractivity contribution in [2.45, 2.75) is 12.5 Å². The van der Waals surface area contributed by atoms with Crippen molar-refractivity contribution in [1.82, 2.24) is 0 Å². The molecule has 1 rings (SSSR count). The van der Waals surface area contributed by atoms with E-state index in [4.69, 9.17) is 16.7 Å². The fourth-order valence-corrected chi connectivity index (χ4v) is 1.29. The molecule has 16 heavy (non-hydrogen) atoms.